The highest BCUT2D eigenvalue weighted by molar-refractivity contribution is 7.15. The minimum absolute atomic E-state index is 0.123. The molecule has 0 spiro atoms. The summed E-state index contributed by atoms with van der Waals surface area (Å²) >= 11 is 1.51. The molecule has 0 saturated carbocycles. The number of thiazole rings is 1. The van der Waals surface area contributed by atoms with E-state index in [1.807, 2.05) is 40.2 Å². The van der Waals surface area contributed by atoms with Crippen molar-refractivity contribution in [3.63, 3.8) is 0 Å². The molecule has 6 heteroatoms. The lowest BCUT2D eigenvalue weighted by Crippen LogP contribution is -2.43. The van der Waals surface area contributed by atoms with Crippen molar-refractivity contribution in [2.75, 3.05) is 13.7 Å². The Bertz CT molecular complexity index is 930. The summed E-state index contributed by atoms with van der Waals surface area (Å²) < 4.78 is 7.24. The molecule has 1 atom stereocenters. The highest BCUT2D eigenvalue weighted by Crippen LogP contribution is 2.28. The number of benzene rings is 1. The maximum atomic E-state index is 13.2. The van der Waals surface area contributed by atoms with E-state index in [4.69, 9.17) is 9.72 Å². The van der Waals surface area contributed by atoms with Crippen molar-refractivity contribution < 1.29 is 9.53 Å². The molecule has 1 aromatic carbocycles. The zero-order valence-electron chi connectivity index (χ0n) is 15.1. The van der Waals surface area contributed by atoms with Gasteiger partial charge in [-0.25, -0.2) is 4.98 Å². The lowest BCUT2D eigenvalue weighted by Gasteiger charge is -2.35. The molecule has 2 aromatic heterocycles. The van der Waals surface area contributed by atoms with E-state index in [-0.39, 0.29) is 5.91 Å². The third-order valence-corrected chi connectivity index (χ3v) is 5.99. The van der Waals surface area contributed by atoms with Crippen LogP contribution >= 0.6 is 11.3 Å². The largest absolute Gasteiger partial charge is 0.497 e. The summed E-state index contributed by atoms with van der Waals surface area (Å²) in [5, 5.41) is 1.93. The van der Waals surface area contributed by atoms with Gasteiger partial charge in [-0.3, -0.25) is 9.20 Å². The number of methoxy groups -OCH3 is 1. The average molecular weight is 369 g/mol. The number of carbonyl (C=O) groups excluding carboxylic acids is 1. The first kappa shape index (κ1) is 17.1. The Hall–Kier alpha value is -2.34. The number of amides is 1. The van der Waals surface area contributed by atoms with Crippen molar-refractivity contribution >= 4 is 22.2 Å². The predicted octanol–water partition coefficient (Wildman–Crippen LogP) is 4.48. The van der Waals surface area contributed by atoms with Crippen molar-refractivity contribution in [2.24, 2.45) is 0 Å². The molecule has 3 aromatic rings. The third kappa shape index (κ3) is 2.98. The Labute approximate surface area is 157 Å². The van der Waals surface area contributed by atoms with Gasteiger partial charge in [0.05, 0.1) is 12.8 Å². The fraction of sp³-hybridized carbons (Fsp3) is 0.400. The standard InChI is InChI=1S/C20H23N3O2S/c1-3-15-8-4-5-10-22(15)19(24)18-13-26-20-21-17(12-23(18)20)14-7-6-9-16(11-14)25-2/h6-7,9,11-13,15H,3-5,8,10H2,1-2H3/t15-/m1/s1. The molecule has 1 aliphatic heterocycles. The summed E-state index contributed by atoms with van der Waals surface area (Å²) in [6.07, 6.45) is 6.38. The van der Waals surface area contributed by atoms with E-state index in [2.05, 4.69) is 11.8 Å². The number of likely N-dealkylation sites (tertiary alicyclic amines) is 1. The summed E-state index contributed by atoms with van der Waals surface area (Å²) in [4.78, 5) is 20.8. The number of carbonyl (C=O) groups is 1. The molecule has 3 heterocycles. The predicted molar refractivity (Wildman–Crippen MR) is 104 cm³/mol. The van der Waals surface area contributed by atoms with Gasteiger partial charge in [0.25, 0.3) is 5.91 Å². The van der Waals surface area contributed by atoms with E-state index >= 15 is 0 Å². The number of fused-ring (bicyclic) bond motifs is 1. The summed E-state index contributed by atoms with van der Waals surface area (Å²) in [7, 11) is 1.66. The monoisotopic (exact) mass is 369 g/mol. The molecular weight excluding hydrogens is 346 g/mol. The van der Waals surface area contributed by atoms with Crippen LogP contribution in [0.5, 0.6) is 5.75 Å². The fourth-order valence-electron chi connectivity index (χ4n) is 3.70. The van der Waals surface area contributed by atoms with Gasteiger partial charge in [0.1, 0.15) is 11.4 Å². The van der Waals surface area contributed by atoms with E-state index in [9.17, 15) is 4.79 Å². The minimum Gasteiger partial charge on any atom is -0.497 e. The van der Waals surface area contributed by atoms with Crippen molar-refractivity contribution in [1.82, 2.24) is 14.3 Å². The van der Waals surface area contributed by atoms with Crippen molar-refractivity contribution in [3.05, 3.63) is 41.5 Å². The number of aromatic nitrogens is 2. The normalized spacial score (nSPS) is 17.6. The molecule has 26 heavy (non-hydrogen) atoms. The van der Waals surface area contributed by atoms with Crippen LogP contribution in [-0.4, -0.2) is 39.9 Å². The zero-order valence-corrected chi connectivity index (χ0v) is 16.0. The van der Waals surface area contributed by atoms with Gasteiger partial charge >= 0.3 is 0 Å². The van der Waals surface area contributed by atoms with Crippen LogP contribution in [0.1, 0.15) is 43.1 Å². The number of rotatable bonds is 4. The average Bonchev–Trinajstić information content (AvgIpc) is 3.28. The molecule has 136 valence electrons. The number of nitrogens with zero attached hydrogens (tertiary/aromatic N) is 3. The van der Waals surface area contributed by atoms with E-state index in [0.29, 0.717) is 11.7 Å². The number of hydrogen-bond donors (Lipinski definition) is 0. The summed E-state index contributed by atoms with van der Waals surface area (Å²) in [6.45, 7) is 3.02. The van der Waals surface area contributed by atoms with Crippen molar-refractivity contribution in [2.45, 2.75) is 38.6 Å². The molecule has 0 radical (unpaired) electrons. The van der Waals surface area contributed by atoms with Gasteiger partial charge in [-0.2, -0.15) is 0 Å². The second kappa shape index (κ2) is 7.11. The Morgan fingerprint density at radius 1 is 1.38 bits per heavy atom. The van der Waals surface area contributed by atoms with Gasteiger partial charge in [0.15, 0.2) is 4.96 Å². The Morgan fingerprint density at radius 2 is 2.27 bits per heavy atom. The van der Waals surface area contributed by atoms with Crippen LogP contribution in [-0.2, 0) is 0 Å². The number of ether oxygens (including phenoxy) is 1. The molecule has 1 aliphatic rings. The third-order valence-electron chi connectivity index (χ3n) is 5.15. The van der Waals surface area contributed by atoms with E-state index < -0.39 is 0 Å². The summed E-state index contributed by atoms with van der Waals surface area (Å²) in [5.74, 6) is 0.923. The van der Waals surface area contributed by atoms with Crippen LogP contribution in [0.4, 0.5) is 0 Å². The second-order valence-electron chi connectivity index (χ2n) is 6.69. The number of piperidine rings is 1. The Morgan fingerprint density at radius 3 is 3.08 bits per heavy atom. The van der Waals surface area contributed by atoms with Crippen LogP contribution in [0.3, 0.4) is 0 Å². The maximum absolute atomic E-state index is 13.2. The van der Waals surface area contributed by atoms with Gasteiger partial charge < -0.3 is 9.64 Å². The molecular formula is C20H23N3O2S. The lowest BCUT2D eigenvalue weighted by atomic mass is 10.00. The van der Waals surface area contributed by atoms with E-state index in [1.54, 1.807) is 7.11 Å². The van der Waals surface area contributed by atoms with E-state index in [1.165, 1.54) is 17.8 Å². The molecule has 1 saturated heterocycles. The maximum Gasteiger partial charge on any atom is 0.271 e. The molecule has 4 rings (SSSR count). The van der Waals surface area contributed by atoms with Crippen LogP contribution in [0.2, 0.25) is 0 Å². The van der Waals surface area contributed by atoms with Gasteiger partial charge in [-0.05, 0) is 37.8 Å². The quantitative estimate of drug-likeness (QED) is 0.681. The number of imidazole rings is 1. The molecule has 0 unspecified atom stereocenters. The molecule has 0 N–H and O–H groups in total. The molecule has 0 aliphatic carbocycles. The Balaban J connectivity index is 1.68. The molecule has 5 nitrogen and oxygen atoms in total. The lowest BCUT2D eigenvalue weighted by molar-refractivity contribution is 0.0601. The first-order chi connectivity index (χ1) is 12.7. The molecule has 1 fully saturated rings. The van der Waals surface area contributed by atoms with Gasteiger partial charge in [-0.1, -0.05) is 19.1 Å². The van der Waals surface area contributed by atoms with Crippen LogP contribution in [0, 0.1) is 0 Å². The highest BCUT2D eigenvalue weighted by Gasteiger charge is 2.28. The molecule has 0 bridgehead atoms. The van der Waals surface area contributed by atoms with Crippen LogP contribution in [0.15, 0.2) is 35.8 Å². The first-order valence-electron chi connectivity index (χ1n) is 9.13. The summed E-state index contributed by atoms with van der Waals surface area (Å²) in [5.41, 5.74) is 2.56. The highest BCUT2D eigenvalue weighted by atomic mass is 32.1. The first-order valence-corrected chi connectivity index (χ1v) is 10.0. The van der Waals surface area contributed by atoms with Gasteiger partial charge in [0, 0.05) is 29.7 Å². The Kier molecular flexibility index (Phi) is 4.68. The van der Waals surface area contributed by atoms with Crippen molar-refractivity contribution in [3.8, 4) is 17.0 Å². The topological polar surface area (TPSA) is 46.8 Å². The minimum atomic E-state index is 0.123. The second-order valence-corrected chi connectivity index (χ2v) is 7.52. The molecule has 1 amide bonds. The van der Waals surface area contributed by atoms with E-state index in [0.717, 1.165) is 47.8 Å². The van der Waals surface area contributed by atoms with Crippen molar-refractivity contribution in [1.29, 1.82) is 0 Å². The van der Waals surface area contributed by atoms with Crippen LogP contribution < -0.4 is 4.74 Å². The van der Waals surface area contributed by atoms with Gasteiger partial charge in [0.2, 0.25) is 0 Å². The van der Waals surface area contributed by atoms with Gasteiger partial charge in [-0.15, -0.1) is 11.3 Å². The zero-order chi connectivity index (χ0) is 18.1. The summed E-state index contributed by atoms with van der Waals surface area (Å²) in [6, 6.07) is 8.19. The SMILES string of the molecule is CC[C@@H]1CCCCN1C(=O)c1csc2nc(-c3cccc(OC)c3)cn12. The van der Waals surface area contributed by atoms with Crippen LogP contribution in [0.25, 0.3) is 16.2 Å². The number of hydrogen-bond acceptors (Lipinski definition) is 4. The smallest absolute Gasteiger partial charge is 0.271 e. The fourth-order valence-corrected chi connectivity index (χ4v) is 4.55.